The molecule has 0 fully saturated rings. The summed E-state index contributed by atoms with van der Waals surface area (Å²) in [6.07, 6.45) is -1.58. The highest BCUT2D eigenvalue weighted by molar-refractivity contribution is 5.73. The maximum absolute atomic E-state index is 11.8. The van der Waals surface area contributed by atoms with Gasteiger partial charge in [0.05, 0.1) is 0 Å². The second-order valence-corrected chi connectivity index (χ2v) is 1.82. The van der Waals surface area contributed by atoms with Crippen molar-refractivity contribution in [1.29, 1.82) is 0 Å². The first-order valence-corrected chi connectivity index (χ1v) is 2.75. The second-order valence-electron chi connectivity index (χ2n) is 1.82. The number of primary amides is 1. The van der Waals surface area contributed by atoms with E-state index in [1.165, 1.54) is 0 Å². The summed E-state index contributed by atoms with van der Waals surface area (Å²) in [6.45, 7) is 0. The molecule has 0 unspecified atom stereocenters. The number of alkyl halides is 2. The summed E-state index contributed by atoms with van der Waals surface area (Å²) in [5, 5.41) is 3.20. The van der Waals surface area contributed by atoms with Crippen molar-refractivity contribution in [3.8, 4) is 0 Å². The number of hydrogen-bond acceptors (Lipinski definition) is 2. The van der Waals surface area contributed by atoms with Crippen molar-refractivity contribution in [1.82, 2.24) is 9.78 Å². The molecule has 0 aliphatic heterocycles. The fraction of sp³-hybridized carbons (Fsp3) is 0.200. The number of nitrogens with zero attached hydrogens (tertiary/aromatic N) is 2. The van der Waals surface area contributed by atoms with Gasteiger partial charge in [0, 0.05) is 6.20 Å². The third kappa shape index (κ3) is 1.51. The fourth-order valence-corrected chi connectivity index (χ4v) is 0.577. The Morgan fingerprint density at radius 2 is 2.36 bits per heavy atom. The molecule has 0 bridgehead atoms. The number of nitrogens with two attached hydrogens (primary N) is 1. The SMILES string of the molecule is NC(=O)n1ccc(C(F)F)n1. The summed E-state index contributed by atoms with van der Waals surface area (Å²) in [5.41, 5.74) is 4.29. The van der Waals surface area contributed by atoms with Gasteiger partial charge in [-0.05, 0) is 6.07 Å². The van der Waals surface area contributed by atoms with E-state index in [0.717, 1.165) is 12.3 Å². The largest absolute Gasteiger partial charge is 0.350 e. The van der Waals surface area contributed by atoms with E-state index in [9.17, 15) is 13.6 Å². The summed E-state index contributed by atoms with van der Waals surface area (Å²) < 4.78 is 24.3. The number of aromatic nitrogens is 2. The molecule has 1 aromatic rings. The lowest BCUT2D eigenvalue weighted by Crippen LogP contribution is -2.19. The molecule has 6 heteroatoms. The van der Waals surface area contributed by atoms with Crippen LogP contribution in [0.25, 0.3) is 0 Å². The molecule has 4 nitrogen and oxygen atoms in total. The van der Waals surface area contributed by atoms with Gasteiger partial charge in [0.2, 0.25) is 0 Å². The standard InChI is InChI=1S/C5H5F2N3O/c6-4(7)3-1-2-10(9-3)5(8)11/h1-2,4H,(H2,8,11). The van der Waals surface area contributed by atoms with Crippen LogP contribution >= 0.6 is 0 Å². The molecule has 1 heterocycles. The van der Waals surface area contributed by atoms with E-state index in [0.29, 0.717) is 4.68 Å². The van der Waals surface area contributed by atoms with Crippen LogP contribution in [-0.4, -0.2) is 15.8 Å². The molecule has 0 aliphatic carbocycles. The molecule has 1 amide bonds. The second kappa shape index (κ2) is 2.65. The number of carbonyl (C=O) groups is 1. The summed E-state index contributed by atoms with van der Waals surface area (Å²) >= 11 is 0. The van der Waals surface area contributed by atoms with Gasteiger partial charge in [-0.15, -0.1) is 0 Å². The molecule has 11 heavy (non-hydrogen) atoms. The van der Waals surface area contributed by atoms with Crippen molar-refractivity contribution in [2.75, 3.05) is 0 Å². The van der Waals surface area contributed by atoms with Crippen LogP contribution < -0.4 is 5.73 Å². The highest BCUT2D eigenvalue weighted by atomic mass is 19.3. The zero-order valence-corrected chi connectivity index (χ0v) is 5.37. The van der Waals surface area contributed by atoms with Crippen LogP contribution in [0, 0.1) is 0 Å². The van der Waals surface area contributed by atoms with Crippen LogP contribution in [0.5, 0.6) is 0 Å². The van der Waals surface area contributed by atoms with Gasteiger partial charge in [-0.2, -0.15) is 9.78 Å². The van der Waals surface area contributed by atoms with E-state index in [1.807, 2.05) is 0 Å². The minimum Gasteiger partial charge on any atom is -0.350 e. The third-order valence-electron chi connectivity index (χ3n) is 1.06. The van der Waals surface area contributed by atoms with E-state index in [2.05, 4.69) is 5.10 Å². The van der Waals surface area contributed by atoms with Gasteiger partial charge < -0.3 is 5.73 Å². The minimum atomic E-state index is -2.67. The van der Waals surface area contributed by atoms with Crippen molar-refractivity contribution >= 4 is 6.03 Å². The first kappa shape index (κ1) is 7.64. The number of hydrogen-bond donors (Lipinski definition) is 1. The Morgan fingerprint density at radius 3 is 2.64 bits per heavy atom. The Hall–Kier alpha value is -1.46. The Kier molecular flexibility index (Phi) is 1.84. The van der Waals surface area contributed by atoms with Crippen molar-refractivity contribution in [3.63, 3.8) is 0 Å². The molecule has 0 spiro atoms. The van der Waals surface area contributed by atoms with E-state index in [1.54, 1.807) is 0 Å². The normalized spacial score (nSPS) is 10.5. The van der Waals surface area contributed by atoms with Crippen LogP contribution in [-0.2, 0) is 0 Å². The van der Waals surface area contributed by atoms with E-state index >= 15 is 0 Å². The lowest BCUT2D eigenvalue weighted by molar-refractivity contribution is 0.145. The first-order valence-electron chi connectivity index (χ1n) is 2.75. The molecule has 2 N–H and O–H groups in total. The lowest BCUT2D eigenvalue weighted by atomic mass is 10.5. The average Bonchev–Trinajstić information content (AvgIpc) is 2.33. The van der Waals surface area contributed by atoms with E-state index < -0.39 is 18.2 Å². The summed E-state index contributed by atoms with van der Waals surface area (Å²) in [7, 11) is 0. The number of amides is 1. The van der Waals surface area contributed by atoms with Crippen LogP contribution in [0.4, 0.5) is 13.6 Å². The van der Waals surface area contributed by atoms with Crippen molar-refractivity contribution in [2.45, 2.75) is 6.43 Å². The maximum Gasteiger partial charge on any atom is 0.339 e. The molecule has 1 rings (SSSR count). The summed E-state index contributed by atoms with van der Waals surface area (Å²) in [5.74, 6) is 0. The topological polar surface area (TPSA) is 60.9 Å². The predicted octanol–water partition coefficient (Wildman–Crippen LogP) is 0.748. The molecule has 0 atom stereocenters. The fourth-order valence-electron chi connectivity index (χ4n) is 0.577. The highest BCUT2D eigenvalue weighted by Gasteiger charge is 2.11. The molecule has 0 aliphatic rings. The molecule has 60 valence electrons. The van der Waals surface area contributed by atoms with Crippen molar-refractivity contribution in [2.24, 2.45) is 5.73 Å². The molecule has 0 saturated heterocycles. The average molecular weight is 161 g/mol. The molecule has 1 aromatic heterocycles. The van der Waals surface area contributed by atoms with Gasteiger partial charge in [-0.3, -0.25) is 0 Å². The quantitative estimate of drug-likeness (QED) is 0.660. The van der Waals surface area contributed by atoms with Gasteiger partial charge in [-0.1, -0.05) is 0 Å². The first-order chi connectivity index (χ1) is 5.11. The van der Waals surface area contributed by atoms with Crippen molar-refractivity contribution < 1.29 is 13.6 Å². The number of halogens is 2. The monoisotopic (exact) mass is 161 g/mol. The smallest absolute Gasteiger partial charge is 0.339 e. The summed E-state index contributed by atoms with van der Waals surface area (Å²) in [6, 6.07) is 0.159. The van der Waals surface area contributed by atoms with Gasteiger partial charge in [0.1, 0.15) is 5.69 Å². The number of rotatable bonds is 1. The molecular weight excluding hydrogens is 156 g/mol. The lowest BCUT2D eigenvalue weighted by Gasteiger charge is -1.91. The maximum atomic E-state index is 11.8. The minimum absolute atomic E-state index is 0.455. The van der Waals surface area contributed by atoms with E-state index in [-0.39, 0.29) is 0 Å². The molecule has 0 radical (unpaired) electrons. The van der Waals surface area contributed by atoms with Gasteiger partial charge in [-0.25, -0.2) is 13.6 Å². The van der Waals surface area contributed by atoms with Crippen LogP contribution in [0.1, 0.15) is 12.1 Å². The van der Waals surface area contributed by atoms with E-state index in [4.69, 9.17) is 5.73 Å². The Morgan fingerprint density at radius 1 is 1.73 bits per heavy atom. The third-order valence-corrected chi connectivity index (χ3v) is 1.06. The van der Waals surface area contributed by atoms with Crippen LogP contribution in [0.3, 0.4) is 0 Å². The zero-order chi connectivity index (χ0) is 8.43. The van der Waals surface area contributed by atoms with Crippen LogP contribution in [0.15, 0.2) is 12.3 Å². The van der Waals surface area contributed by atoms with Gasteiger partial charge in [0.25, 0.3) is 6.43 Å². The predicted molar refractivity (Wildman–Crippen MR) is 32.2 cm³/mol. The summed E-state index contributed by atoms with van der Waals surface area (Å²) in [4.78, 5) is 10.3. The Balaban J connectivity index is 2.90. The molecule has 0 saturated carbocycles. The highest BCUT2D eigenvalue weighted by Crippen LogP contribution is 2.14. The van der Waals surface area contributed by atoms with Crippen LogP contribution in [0.2, 0.25) is 0 Å². The number of carbonyl (C=O) groups excluding carboxylic acids is 1. The Labute approximate surface area is 60.6 Å². The van der Waals surface area contributed by atoms with Crippen molar-refractivity contribution in [3.05, 3.63) is 18.0 Å². The van der Waals surface area contributed by atoms with Gasteiger partial charge >= 0.3 is 6.03 Å². The molecule has 0 aromatic carbocycles. The Bertz CT molecular complexity index is 270. The molecular formula is C5H5F2N3O. The van der Waals surface area contributed by atoms with Gasteiger partial charge in [0.15, 0.2) is 0 Å². The zero-order valence-electron chi connectivity index (χ0n) is 5.37.